The minimum atomic E-state index is 0.0802. The van der Waals surface area contributed by atoms with E-state index in [0.29, 0.717) is 0 Å². The number of hydrogen-bond acceptors (Lipinski definition) is 4. The van der Waals surface area contributed by atoms with Crippen molar-refractivity contribution in [3.05, 3.63) is 52.6 Å². The molecule has 5 nitrogen and oxygen atoms in total. The van der Waals surface area contributed by atoms with Gasteiger partial charge >= 0.3 is 0 Å². The Balaban J connectivity index is 1.32. The van der Waals surface area contributed by atoms with E-state index in [4.69, 9.17) is 9.97 Å². The van der Waals surface area contributed by atoms with Gasteiger partial charge in [0.1, 0.15) is 5.82 Å². The summed E-state index contributed by atoms with van der Waals surface area (Å²) in [7, 11) is 2.27. The molecular weight excluding hydrogens is 358 g/mol. The number of benzene rings is 1. The number of aromatic amines is 1. The molecule has 3 aromatic rings. The van der Waals surface area contributed by atoms with Crippen LogP contribution in [-0.2, 0) is 24.8 Å². The Kier molecular flexibility index (Phi) is 3.79. The SMILES string of the molecule is Cc1cc(N2CCC3(CC2)c2nc[nH]c2CCN3C)nc2cc3c(cc12)CCC3. The third-order valence-corrected chi connectivity index (χ3v) is 7.72. The number of nitrogens with zero attached hydrogens (tertiary/aromatic N) is 4. The lowest BCUT2D eigenvalue weighted by molar-refractivity contribution is 0.0712. The Morgan fingerprint density at radius 1 is 1.00 bits per heavy atom. The summed E-state index contributed by atoms with van der Waals surface area (Å²) in [5.74, 6) is 1.14. The second-order valence-corrected chi connectivity index (χ2v) is 9.21. The molecule has 0 saturated carbocycles. The van der Waals surface area contributed by atoms with Gasteiger partial charge in [0, 0.05) is 37.1 Å². The highest BCUT2D eigenvalue weighted by atomic mass is 15.3. The lowest BCUT2D eigenvalue weighted by Gasteiger charge is -2.49. The molecule has 0 amide bonds. The topological polar surface area (TPSA) is 48.1 Å². The standard InChI is InChI=1S/C24H29N5/c1-16-12-22(27-21-14-18-5-3-4-17(18)13-19(16)21)29-10-7-24(8-11-29)23-20(25-15-26-23)6-9-28(24)2/h12-15H,3-11H2,1-2H3,(H,25,26). The number of aryl methyl sites for hydroxylation is 3. The number of piperidine rings is 1. The first-order chi connectivity index (χ1) is 14.1. The van der Waals surface area contributed by atoms with Gasteiger partial charge in [-0.15, -0.1) is 0 Å². The van der Waals surface area contributed by atoms with Gasteiger partial charge in [-0.25, -0.2) is 9.97 Å². The van der Waals surface area contributed by atoms with Crippen LogP contribution in [0.15, 0.2) is 24.5 Å². The van der Waals surface area contributed by atoms with Gasteiger partial charge in [-0.2, -0.15) is 0 Å². The molecule has 1 N–H and O–H groups in total. The summed E-state index contributed by atoms with van der Waals surface area (Å²) >= 11 is 0. The maximum atomic E-state index is 5.11. The summed E-state index contributed by atoms with van der Waals surface area (Å²) in [5, 5.41) is 1.33. The van der Waals surface area contributed by atoms with Gasteiger partial charge in [0.15, 0.2) is 0 Å². The van der Waals surface area contributed by atoms with Crippen LogP contribution in [0.5, 0.6) is 0 Å². The summed E-state index contributed by atoms with van der Waals surface area (Å²) < 4.78 is 0. The average molecular weight is 388 g/mol. The normalized spacial score (nSPS) is 21.0. The zero-order valence-electron chi connectivity index (χ0n) is 17.5. The number of imidazole rings is 1. The van der Waals surface area contributed by atoms with Crippen LogP contribution in [0, 0.1) is 6.92 Å². The lowest BCUT2D eigenvalue weighted by Crippen LogP contribution is -2.55. The van der Waals surface area contributed by atoms with E-state index in [9.17, 15) is 0 Å². The van der Waals surface area contributed by atoms with Crippen molar-refractivity contribution in [1.82, 2.24) is 19.9 Å². The average Bonchev–Trinajstić information content (AvgIpc) is 3.39. The molecule has 1 fully saturated rings. The quantitative estimate of drug-likeness (QED) is 0.691. The highest BCUT2D eigenvalue weighted by Gasteiger charge is 2.45. The fourth-order valence-electron chi connectivity index (χ4n) is 5.92. The summed E-state index contributed by atoms with van der Waals surface area (Å²) in [4.78, 5) is 18.3. The zero-order valence-corrected chi connectivity index (χ0v) is 17.5. The van der Waals surface area contributed by atoms with Crippen LogP contribution in [0.4, 0.5) is 5.82 Å². The monoisotopic (exact) mass is 387 g/mol. The maximum Gasteiger partial charge on any atom is 0.129 e. The van der Waals surface area contributed by atoms with E-state index in [-0.39, 0.29) is 5.54 Å². The van der Waals surface area contributed by atoms with E-state index in [1.54, 1.807) is 0 Å². The van der Waals surface area contributed by atoms with Crippen molar-refractivity contribution in [2.75, 3.05) is 31.6 Å². The Morgan fingerprint density at radius 3 is 2.62 bits per heavy atom. The largest absolute Gasteiger partial charge is 0.356 e. The van der Waals surface area contributed by atoms with Crippen molar-refractivity contribution in [3.8, 4) is 0 Å². The summed E-state index contributed by atoms with van der Waals surface area (Å²) in [5.41, 5.74) is 8.26. The molecule has 0 unspecified atom stereocenters. The number of H-pyrrole nitrogens is 1. The third-order valence-electron chi connectivity index (χ3n) is 7.72. The van der Waals surface area contributed by atoms with Gasteiger partial charge in [0.05, 0.1) is 23.1 Å². The van der Waals surface area contributed by atoms with Crippen LogP contribution in [-0.4, -0.2) is 46.5 Å². The molecule has 0 bridgehead atoms. The number of fused-ring (bicyclic) bond motifs is 4. The number of likely N-dealkylation sites (N-methyl/N-ethyl adjacent to an activating group) is 1. The highest BCUT2D eigenvalue weighted by Crippen LogP contribution is 2.42. The summed E-state index contributed by atoms with van der Waals surface area (Å²) in [6, 6.07) is 7.04. The van der Waals surface area contributed by atoms with Crippen LogP contribution in [0.3, 0.4) is 0 Å². The smallest absolute Gasteiger partial charge is 0.129 e. The Bertz CT molecular complexity index is 1090. The molecule has 2 aromatic heterocycles. The summed E-state index contributed by atoms with van der Waals surface area (Å²) in [6.07, 6.45) is 8.88. The molecule has 29 heavy (non-hydrogen) atoms. The minimum absolute atomic E-state index is 0.0802. The first kappa shape index (κ1) is 17.5. The molecule has 0 atom stereocenters. The minimum Gasteiger partial charge on any atom is -0.356 e. The number of aromatic nitrogens is 3. The van der Waals surface area contributed by atoms with E-state index in [0.717, 1.165) is 44.7 Å². The van der Waals surface area contributed by atoms with E-state index >= 15 is 0 Å². The molecule has 1 spiro atoms. The molecule has 150 valence electrons. The molecule has 0 radical (unpaired) electrons. The van der Waals surface area contributed by atoms with Crippen LogP contribution in [0.2, 0.25) is 0 Å². The predicted molar refractivity (Wildman–Crippen MR) is 117 cm³/mol. The van der Waals surface area contributed by atoms with Crippen LogP contribution >= 0.6 is 0 Å². The van der Waals surface area contributed by atoms with Gasteiger partial charge in [0.2, 0.25) is 0 Å². The molecule has 1 saturated heterocycles. The molecule has 6 rings (SSSR count). The lowest BCUT2D eigenvalue weighted by atomic mass is 9.79. The molecular formula is C24H29N5. The van der Waals surface area contributed by atoms with Crippen molar-refractivity contribution < 1.29 is 0 Å². The fraction of sp³-hybridized carbons (Fsp3) is 0.500. The van der Waals surface area contributed by atoms with Crippen molar-refractivity contribution in [2.24, 2.45) is 0 Å². The van der Waals surface area contributed by atoms with Gasteiger partial charge in [-0.05, 0) is 81.0 Å². The Morgan fingerprint density at radius 2 is 1.79 bits per heavy atom. The molecule has 1 aromatic carbocycles. The molecule has 4 heterocycles. The van der Waals surface area contributed by atoms with Gasteiger partial charge in [-0.3, -0.25) is 4.90 Å². The first-order valence-corrected chi connectivity index (χ1v) is 11.1. The van der Waals surface area contributed by atoms with E-state index in [1.165, 1.54) is 58.2 Å². The molecule has 2 aliphatic heterocycles. The second-order valence-electron chi connectivity index (χ2n) is 9.21. The number of rotatable bonds is 1. The van der Waals surface area contributed by atoms with Crippen LogP contribution < -0.4 is 4.90 Å². The van der Waals surface area contributed by atoms with E-state index < -0.39 is 0 Å². The van der Waals surface area contributed by atoms with E-state index in [2.05, 4.69) is 47.0 Å². The Hall–Kier alpha value is -2.40. The van der Waals surface area contributed by atoms with Crippen molar-refractivity contribution in [1.29, 1.82) is 0 Å². The third kappa shape index (κ3) is 2.56. The first-order valence-electron chi connectivity index (χ1n) is 11.1. The predicted octanol–water partition coefficient (Wildman–Crippen LogP) is 3.74. The van der Waals surface area contributed by atoms with Gasteiger partial charge in [0.25, 0.3) is 0 Å². The van der Waals surface area contributed by atoms with Crippen molar-refractivity contribution in [2.45, 2.75) is 51.0 Å². The number of pyridine rings is 1. The molecule has 3 aliphatic rings. The highest BCUT2D eigenvalue weighted by molar-refractivity contribution is 5.85. The van der Waals surface area contributed by atoms with Gasteiger partial charge < -0.3 is 9.88 Å². The second kappa shape index (κ2) is 6.30. The van der Waals surface area contributed by atoms with E-state index in [1.807, 2.05) is 6.33 Å². The summed E-state index contributed by atoms with van der Waals surface area (Å²) in [6.45, 7) is 5.40. The Labute approximate surface area is 172 Å². The molecule has 5 heteroatoms. The maximum absolute atomic E-state index is 5.11. The number of nitrogens with one attached hydrogen (secondary N) is 1. The number of hydrogen-bond donors (Lipinski definition) is 1. The van der Waals surface area contributed by atoms with Gasteiger partial charge in [-0.1, -0.05) is 0 Å². The van der Waals surface area contributed by atoms with Crippen LogP contribution in [0.25, 0.3) is 10.9 Å². The number of anilines is 1. The van der Waals surface area contributed by atoms with Crippen LogP contribution in [0.1, 0.15) is 47.3 Å². The fourth-order valence-corrected chi connectivity index (χ4v) is 5.92. The van der Waals surface area contributed by atoms with Crippen molar-refractivity contribution in [3.63, 3.8) is 0 Å². The molecule has 1 aliphatic carbocycles. The van der Waals surface area contributed by atoms with Crippen molar-refractivity contribution >= 4 is 16.7 Å². The zero-order chi connectivity index (χ0) is 19.6.